The zero-order chi connectivity index (χ0) is 16.4. The van der Waals surface area contributed by atoms with Gasteiger partial charge in [-0.1, -0.05) is 57.2 Å². The third-order valence-electron chi connectivity index (χ3n) is 3.66. The summed E-state index contributed by atoms with van der Waals surface area (Å²) in [6, 6.07) is 14.3. The van der Waals surface area contributed by atoms with Crippen molar-refractivity contribution < 1.29 is 4.79 Å². The van der Waals surface area contributed by atoms with Gasteiger partial charge < -0.3 is 0 Å². The molecule has 0 fully saturated rings. The molecule has 0 N–H and O–H groups in total. The maximum absolute atomic E-state index is 12.8. The summed E-state index contributed by atoms with van der Waals surface area (Å²) in [5.74, 6) is 0.0242. The van der Waals surface area contributed by atoms with E-state index in [4.69, 9.17) is 0 Å². The van der Waals surface area contributed by atoms with Crippen LogP contribution in [0.3, 0.4) is 0 Å². The molecule has 0 saturated heterocycles. The molecule has 0 amide bonds. The minimum Gasteiger partial charge on any atom is -0.292 e. The van der Waals surface area contributed by atoms with Crippen LogP contribution >= 0.6 is 0 Å². The van der Waals surface area contributed by atoms with E-state index >= 15 is 0 Å². The van der Waals surface area contributed by atoms with Crippen LogP contribution in [0.25, 0.3) is 22.5 Å². The van der Waals surface area contributed by atoms with Gasteiger partial charge >= 0.3 is 0 Å². The molecule has 0 radical (unpaired) electrons. The molecule has 116 valence electrons. The van der Waals surface area contributed by atoms with Gasteiger partial charge in [-0.05, 0) is 28.5 Å². The van der Waals surface area contributed by atoms with Gasteiger partial charge in [-0.2, -0.15) is 5.10 Å². The Morgan fingerprint density at radius 2 is 1.83 bits per heavy atom. The molecule has 0 saturated carbocycles. The Bertz CT molecular complexity index is 871. The number of ketones is 1. The molecule has 4 heteroatoms. The Kier molecular flexibility index (Phi) is 3.82. The smallest absolute Gasteiger partial charge is 0.186 e. The number of carbonyl (C=O) groups is 1. The molecule has 3 aromatic rings. The standard InChI is InChI=1S/C19H19N3O/c1-19(2,3)18(23)17(22-13-20-12-21-22)11-14-8-9-15-6-4-5-7-16(15)10-14/h4-13H,1-3H3. The van der Waals surface area contributed by atoms with Crippen LogP contribution in [0, 0.1) is 5.41 Å². The molecule has 2 aromatic carbocycles. The second-order valence-electron chi connectivity index (χ2n) is 6.56. The average molecular weight is 305 g/mol. The predicted molar refractivity (Wildman–Crippen MR) is 92.6 cm³/mol. The van der Waals surface area contributed by atoms with Gasteiger partial charge in [0.25, 0.3) is 0 Å². The van der Waals surface area contributed by atoms with Crippen molar-refractivity contribution in [2.45, 2.75) is 20.8 Å². The number of aromatic nitrogens is 3. The van der Waals surface area contributed by atoms with Crippen LogP contribution in [0.2, 0.25) is 0 Å². The van der Waals surface area contributed by atoms with Crippen molar-refractivity contribution in [3.05, 3.63) is 60.7 Å². The van der Waals surface area contributed by atoms with E-state index in [1.807, 2.05) is 45.0 Å². The fourth-order valence-electron chi connectivity index (χ4n) is 2.41. The number of rotatable bonds is 3. The number of benzene rings is 2. The molecule has 23 heavy (non-hydrogen) atoms. The summed E-state index contributed by atoms with van der Waals surface area (Å²) in [6.45, 7) is 5.71. The van der Waals surface area contributed by atoms with E-state index in [1.54, 1.807) is 6.33 Å². The summed E-state index contributed by atoms with van der Waals surface area (Å²) in [6.07, 6.45) is 4.86. The third kappa shape index (κ3) is 3.21. The van der Waals surface area contributed by atoms with E-state index in [0.717, 1.165) is 10.9 Å². The van der Waals surface area contributed by atoms with Gasteiger partial charge in [0.2, 0.25) is 0 Å². The van der Waals surface area contributed by atoms with E-state index in [2.05, 4.69) is 34.3 Å². The van der Waals surface area contributed by atoms with Gasteiger partial charge in [-0.15, -0.1) is 0 Å². The van der Waals surface area contributed by atoms with E-state index in [1.165, 1.54) is 16.4 Å². The summed E-state index contributed by atoms with van der Waals surface area (Å²) < 4.78 is 1.53. The molecule has 0 aliphatic carbocycles. The molecule has 0 bridgehead atoms. The molecule has 4 nitrogen and oxygen atoms in total. The maximum atomic E-state index is 12.8. The van der Waals surface area contributed by atoms with Crippen LogP contribution in [0.1, 0.15) is 26.3 Å². The van der Waals surface area contributed by atoms with Gasteiger partial charge in [-0.3, -0.25) is 4.79 Å². The summed E-state index contributed by atoms with van der Waals surface area (Å²) in [5, 5.41) is 6.44. The Morgan fingerprint density at radius 1 is 1.09 bits per heavy atom. The quantitative estimate of drug-likeness (QED) is 0.686. The molecule has 0 atom stereocenters. The highest BCUT2D eigenvalue weighted by atomic mass is 16.1. The van der Waals surface area contributed by atoms with Crippen LogP contribution in [-0.4, -0.2) is 20.5 Å². The number of hydrogen-bond donors (Lipinski definition) is 0. The van der Waals surface area contributed by atoms with Crippen molar-refractivity contribution in [3.8, 4) is 0 Å². The van der Waals surface area contributed by atoms with Gasteiger partial charge in [-0.25, -0.2) is 9.67 Å². The second kappa shape index (κ2) is 5.80. The van der Waals surface area contributed by atoms with Crippen LogP contribution in [0.15, 0.2) is 55.1 Å². The van der Waals surface area contributed by atoms with E-state index in [0.29, 0.717) is 5.70 Å². The first-order chi connectivity index (χ1) is 10.9. The minimum atomic E-state index is -0.491. The fraction of sp³-hybridized carbons (Fsp3) is 0.211. The number of hydrogen-bond acceptors (Lipinski definition) is 3. The van der Waals surface area contributed by atoms with Crippen LogP contribution in [0.4, 0.5) is 0 Å². The van der Waals surface area contributed by atoms with Crippen LogP contribution in [0.5, 0.6) is 0 Å². The van der Waals surface area contributed by atoms with Crippen LogP contribution < -0.4 is 0 Å². The Hall–Kier alpha value is -2.75. The van der Waals surface area contributed by atoms with Crippen molar-refractivity contribution in [2.24, 2.45) is 5.41 Å². The molecule has 0 aliphatic rings. The first-order valence-electron chi connectivity index (χ1n) is 7.55. The number of allylic oxidation sites excluding steroid dienone is 1. The second-order valence-corrected chi connectivity index (χ2v) is 6.56. The summed E-state index contributed by atoms with van der Waals surface area (Å²) in [4.78, 5) is 16.7. The molecule has 0 unspecified atom stereocenters. The zero-order valence-electron chi connectivity index (χ0n) is 13.5. The first-order valence-corrected chi connectivity index (χ1v) is 7.55. The minimum absolute atomic E-state index is 0.0242. The molecule has 1 heterocycles. The SMILES string of the molecule is CC(C)(C)C(=O)C(=Cc1ccc2ccccc2c1)n1cncn1. The lowest BCUT2D eigenvalue weighted by atomic mass is 9.88. The highest BCUT2D eigenvalue weighted by Gasteiger charge is 2.26. The normalized spacial score (nSPS) is 12.6. The van der Waals surface area contributed by atoms with E-state index in [-0.39, 0.29) is 5.78 Å². The molecule has 0 spiro atoms. The van der Waals surface area contributed by atoms with Crippen molar-refractivity contribution in [1.29, 1.82) is 0 Å². The lowest BCUT2D eigenvalue weighted by Crippen LogP contribution is -2.24. The van der Waals surface area contributed by atoms with Gasteiger partial charge in [0, 0.05) is 5.41 Å². The number of nitrogens with zero attached hydrogens (tertiary/aromatic N) is 3. The lowest BCUT2D eigenvalue weighted by Gasteiger charge is -2.18. The predicted octanol–water partition coefficient (Wildman–Crippen LogP) is 4.04. The first kappa shape index (κ1) is 15.2. The summed E-state index contributed by atoms with van der Waals surface area (Å²) in [5.41, 5.74) is 0.992. The van der Waals surface area contributed by atoms with E-state index < -0.39 is 5.41 Å². The van der Waals surface area contributed by atoms with E-state index in [9.17, 15) is 4.79 Å². The molecule has 3 rings (SSSR count). The maximum Gasteiger partial charge on any atom is 0.186 e. The van der Waals surface area contributed by atoms with Crippen LogP contribution in [-0.2, 0) is 4.79 Å². The summed E-state index contributed by atoms with van der Waals surface area (Å²) in [7, 11) is 0. The van der Waals surface area contributed by atoms with Gasteiger partial charge in [0.15, 0.2) is 5.78 Å². The Morgan fingerprint density at radius 3 is 2.48 bits per heavy atom. The third-order valence-corrected chi connectivity index (χ3v) is 3.66. The molecule has 1 aromatic heterocycles. The largest absolute Gasteiger partial charge is 0.292 e. The zero-order valence-corrected chi connectivity index (χ0v) is 13.5. The monoisotopic (exact) mass is 305 g/mol. The lowest BCUT2D eigenvalue weighted by molar-refractivity contribution is -0.120. The molecule has 0 aliphatic heterocycles. The Labute approximate surface area is 135 Å². The highest BCUT2D eigenvalue weighted by molar-refractivity contribution is 6.21. The Balaban J connectivity index is 2.11. The highest BCUT2D eigenvalue weighted by Crippen LogP contribution is 2.25. The topological polar surface area (TPSA) is 47.8 Å². The van der Waals surface area contributed by atoms with Crippen molar-refractivity contribution in [3.63, 3.8) is 0 Å². The van der Waals surface area contributed by atoms with Crippen molar-refractivity contribution in [1.82, 2.24) is 14.8 Å². The molecular formula is C19H19N3O. The van der Waals surface area contributed by atoms with Crippen molar-refractivity contribution >= 4 is 28.3 Å². The molecular weight excluding hydrogens is 286 g/mol. The van der Waals surface area contributed by atoms with Gasteiger partial charge in [0.05, 0.1) is 0 Å². The fourth-order valence-corrected chi connectivity index (χ4v) is 2.41. The number of fused-ring (bicyclic) bond motifs is 1. The van der Waals surface area contributed by atoms with Crippen molar-refractivity contribution in [2.75, 3.05) is 0 Å². The average Bonchev–Trinajstić information content (AvgIpc) is 3.05. The van der Waals surface area contributed by atoms with Gasteiger partial charge in [0.1, 0.15) is 18.4 Å². The summed E-state index contributed by atoms with van der Waals surface area (Å²) >= 11 is 0. The number of Topliss-reactive ketones (excluding diaryl/α,β-unsaturated/α-hetero) is 1. The number of carbonyl (C=O) groups excluding carboxylic acids is 1.